The van der Waals surface area contributed by atoms with Gasteiger partial charge in [0.2, 0.25) is 17.7 Å². The number of hydrogen-bond donors (Lipinski definition) is 4. The summed E-state index contributed by atoms with van der Waals surface area (Å²) in [6.45, 7) is 13.5. The summed E-state index contributed by atoms with van der Waals surface area (Å²) in [6.07, 6.45) is 3.74. The molecule has 3 heterocycles. The van der Waals surface area contributed by atoms with E-state index in [-0.39, 0.29) is 117 Å². The van der Waals surface area contributed by atoms with Crippen LogP contribution in [0.2, 0.25) is 0 Å². The van der Waals surface area contributed by atoms with Gasteiger partial charge in [0.25, 0.3) is 29.5 Å². The summed E-state index contributed by atoms with van der Waals surface area (Å²) in [5, 5.41) is 20.3. The normalized spacial score (nSPS) is 15.7. The van der Waals surface area contributed by atoms with Crippen molar-refractivity contribution >= 4 is 82.2 Å². The first-order valence-electron chi connectivity index (χ1n) is 26.4. The lowest BCUT2D eigenvalue weighted by atomic mass is 9.92. The van der Waals surface area contributed by atoms with Crippen LogP contribution in [0.3, 0.4) is 0 Å². The van der Waals surface area contributed by atoms with Gasteiger partial charge in [-0.25, -0.2) is 4.98 Å². The highest BCUT2D eigenvalue weighted by Crippen LogP contribution is 2.32. The number of thiazole rings is 1. The molecule has 1 unspecified atom stereocenters. The van der Waals surface area contributed by atoms with Crippen molar-refractivity contribution in [2.24, 2.45) is 17.8 Å². The zero-order chi connectivity index (χ0) is 59.6. The van der Waals surface area contributed by atoms with Crippen LogP contribution >= 0.6 is 11.3 Å². The number of carboxylic acid groups (broad SMARTS) is 1. The van der Waals surface area contributed by atoms with Crippen molar-refractivity contribution in [1.82, 2.24) is 35.2 Å². The maximum absolute atomic E-state index is 14.3. The van der Waals surface area contributed by atoms with Crippen molar-refractivity contribution in [2.75, 3.05) is 66.0 Å². The number of carbonyl (C=O) groups excluding carboxylic acids is 10. The van der Waals surface area contributed by atoms with E-state index in [1.54, 1.807) is 50.9 Å². The highest BCUT2D eigenvalue weighted by molar-refractivity contribution is 7.09. The first-order chi connectivity index (χ1) is 37.6. The Labute approximate surface area is 469 Å². The van der Waals surface area contributed by atoms with Crippen LogP contribution in [0.5, 0.6) is 5.75 Å². The number of carbonyl (C=O) groups is 11. The van der Waals surface area contributed by atoms with E-state index in [1.165, 1.54) is 31.4 Å². The lowest BCUT2D eigenvalue weighted by Crippen LogP contribution is -2.60. The Morgan fingerprint density at radius 3 is 1.90 bits per heavy atom. The predicted octanol–water partition coefficient (Wildman–Crippen LogP) is 3.45. The van der Waals surface area contributed by atoms with Gasteiger partial charge in [-0.05, 0) is 70.3 Å². The standard InChI is InChI=1S/C55H76N8O16S/c1-12-33(4)49(59-54(75)55(7,8)60(9)10)52(72)61(11)40(32(2)3)30-42(78-35(6)64)51-58-39(31-80-51)50(71)56-37(27-34(5)53(73)74)28-36-13-14-41(79-48(70)20-24-77-26-22-63-46(68)17-18-47(63)69)38(29-36)57-43(65)19-23-76-25-21-62-44(66)15-16-45(62)67/h13-18,29,31-34,37,40,42,49H,12,19-28,30H2,1-11H3,(H,56,71)(H,57,65)(H,59,75)(H,73,74)/t33-,34?,37+,40+,42+,49-/m0/s1. The lowest BCUT2D eigenvalue weighted by molar-refractivity contribution is -0.149. The number of ether oxygens (including phenoxy) is 4. The molecule has 2 aliphatic rings. The van der Waals surface area contributed by atoms with E-state index in [9.17, 15) is 57.8 Å². The second-order valence-corrected chi connectivity index (χ2v) is 21.6. The highest BCUT2D eigenvalue weighted by Gasteiger charge is 2.39. The van der Waals surface area contributed by atoms with E-state index in [1.807, 2.05) is 27.7 Å². The van der Waals surface area contributed by atoms with Crippen LogP contribution in [0.4, 0.5) is 5.69 Å². The molecule has 2 aromatic rings. The molecule has 0 fully saturated rings. The summed E-state index contributed by atoms with van der Waals surface area (Å²) >= 11 is 1.05. The summed E-state index contributed by atoms with van der Waals surface area (Å²) < 4.78 is 22.4. The fraction of sp³-hybridized carbons (Fsp3) is 0.564. The minimum Gasteiger partial charge on any atom is -0.481 e. The van der Waals surface area contributed by atoms with Crippen molar-refractivity contribution in [1.29, 1.82) is 0 Å². The van der Waals surface area contributed by atoms with Crippen molar-refractivity contribution in [2.45, 2.75) is 124 Å². The molecular weight excluding hydrogens is 1060 g/mol. The number of benzene rings is 1. The topological polar surface area (TPSA) is 307 Å². The van der Waals surface area contributed by atoms with Crippen LogP contribution in [0, 0.1) is 17.8 Å². The van der Waals surface area contributed by atoms with Gasteiger partial charge < -0.3 is 44.9 Å². The zero-order valence-corrected chi connectivity index (χ0v) is 48.2. The Morgan fingerprint density at radius 2 is 1.38 bits per heavy atom. The molecule has 0 bridgehead atoms. The average Bonchev–Trinajstić information content (AvgIpc) is 4.15. The molecule has 0 radical (unpaired) electrons. The summed E-state index contributed by atoms with van der Waals surface area (Å²) in [6, 6.07) is 2.23. The number of aromatic nitrogens is 1. The molecule has 0 aliphatic carbocycles. The van der Waals surface area contributed by atoms with Gasteiger partial charge >= 0.3 is 17.9 Å². The molecule has 0 saturated carbocycles. The minimum absolute atomic E-state index is 0.00594. The molecule has 1 aromatic carbocycles. The summed E-state index contributed by atoms with van der Waals surface area (Å²) in [5.74, 6) is -7.76. The smallest absolute Gasteiger partial charge is 0.313 e. The number of aliphatic carboxylic acids is 1. The van der Waals surface area contributed by atoms with Gasteiger partial charge in [-0.1, -0.05) is 47.1 Å². The number of hydrogen-bond acceptors (Lipinski definition) is 18. The van der Waals surface area contributed by atoms with Gasteiger partial charge in [0.15, 0.2) is 11.9 Å². The molecule has 24 nitrogen and oxygen atoms in total. The molecule has 4 rings (SSSR count). The van der Waals surface area contributed by atoms with E-state index in [2.05, 4.69) is 20.9 Å². The van der Waals surface area contributed by atoms with Crippen LogP contribution in [-0.4, -0.2) is 179 Å². The maximum Gasteiger partial charge on any atom is 0.313 e. The fourth-order valence-electron chi connectivity index (χ4n) is 8.30. The zero-order valence-electron chi connectivity index (χ0n) is 47.4. The first-order valence-corrected chi connectivity index (χ1v) is 27.3. The van der Waals surface area contributed by atoms with E-state index in [4.69, 9.17) is 18.9 Å². The summed E-state index contributed by atoms with van der Waals surface area (Å²) in [7, 11) is 5.19. The summed E-state index contributed by atoms with van der Waals surface area (Å²) in [4.78, 5) is 150. The molecule has 438 valence electrons. The Hall–Kier alpha value is -7.22. The van der Waals surface area contributed by atoms with E-state index in [0.717, 1.165) is 45.4 Å². The Morgan fingerprint density at radius 1 is 0.800 bits per heavy atom. The van der Waals surface area contributed by atoms with E-state index < -0.39 is 89.0 Å². The molecule has 2 aliphatic heterocycles. The van der Waals surface area contributed by atoms with Crippen LogP contribution in [0.25, 0.3) is 0 Å². The molecule has 1 aromatic heterocycles. The quantitative estimate of drug-likeness (QED) is 0.0344. The van der Waals surface area contributed by atoms with Crippen molar-refractivity contribution in [3.8, 4) is 5.75 Å². The third-order valence-corrected chi connectivity index (χ3v) is 14.8. The van der Waals surface area contributed by atoms with Crippen molar-refractivity contribution < 1.29 is 76.8 Å². The van der Waals surface area contributed by atoms with Crippen molar-refractivity contribution in [3.63, 3.8) is 0 Å². The van der Waals surface area contributed by atoms with Gasteiger partial charge in [-0.15, -0.1) is 11.3 Å². The lowest BCUT2D eigenvalue weighted by Gasteiger charge is -2.38. The SMILES string of the molecule is CC[C@H](C)[C@H](NC(=O)C(C)(C)N(C)C)C(=O)N(C)[C@H](C[C@@H](OC(C)=O)c1nc(C(=O)N[C@@H](Cc2ccc(OC(=O)CCOCCN3C(=O)C=CC3=O)c(NC(=O)CCOCCN3C(=O)C=CC3=O)c2)CC(C)C(=O)O)cs1)C(C)C. The molecule has 4 N–H and O–H groups in total. The van der Waals surface area contributed by atoms with Crippen LogP contribution < -0.4 is 20.7 Å². The monoisotopic (exact) mass is 1140 g/mol. The van der Waals surface area contributed by atoms with E-state index >= 15 is 0 Å². The maximum atomic E-state index is 14.3. The number of likely N-dealkylation sites (N-methyl/N-ethyl adjacent to an activating group) is 2. The Kier molecular flexibility index (Phi) is 24.8. The molecule has 8 amide bonds. The molecule has 0 spiro atoms. The summed E-state index contributed by atoms with van der Waals surface area (Å²) in [5.41, 5.74) is -0.464. The number of nitrogens with one attached hydrogen (secondary N) is 3. The van der Waals surface area contributed by atoms with Gasteiger partial charge in [0, 0.05) is 62.2 Å². The largest absolute Gasteiger partial charge is 0.481 e. The Bertz CT molecular complexity index is 2630. The fourth-order valence-corrected chi connectivity index (χ4v) is 9.14. The predicted molar refractivity (Wildman–Crippen MR) is 291 cm³/mol. The first kappa shape index (κ1) is 65.3. The van der Waals surface area contributed by atoms with Crippen LogP contribution in [-0.2, 0) is 68.6 Å². The van der Waals surface area contributed by atoms with E-state index in [0.29, 0.717) is 12.0 Å². The second kappa shape index (κ2) is 30.4. The molecule has 80 heavy (non-hydrogen) atoms. The third-order valence-electron chi connectivity index (χ3n) is 13.9. The number of amides is 8. The number of esters is 2. The number of anilines is 1. The molecule has 6 atom stereocenters. The number of nitrogens with zero attached hydrogens (tertiary/aromatic N) is 5. The van der Waals surface area contributed by atoms with Crippen molar-refractivity contribution in [3.05, 3.63) is 64.1 Å². The number of rotatable bonds is 33. The minimum atomic E-state index is -1.13. The average molecular weight is 1140 g/mol. The number of carboxylic acids is 1. The number of imide groups is 2. The van der Waals surface area contributed by atoms with Gasteiger partial charge in [-0.3, -0.25) is 67.4 Å². The van der Waals surface area contributed by atoms with Gasteiger partial charge in [0.1, 0.15) is 16.7 Å². The van der Waals surface area contributed by atoms with Gasteiger partial charge in [-0.2, -0.15) is 0 Å². The van der Waals surface area contributed by atoms with Crippen LogP contribution in [0.1, 0.15) is 115 Å². The highest BCUT2D eigenvalue weighted by atomic mass is 32.1. The molecule has 25 heteroatoms. The van der Waals surface area contributed by atoms with Crippen LogP contribution in [0.15, 0.2) is 47.9 Å². The van der Waals surface area contributed by atoms with Gasteiger partial charge in [0.05, 0.1) is 69.5 Å². The second-order valence-electron chi connectivity index (χ2n) is 20.7. The third kappa shape index (κ3) is 19.0. The molecular formula is C55H76N8O16S. The Balaban J connectivity index is 1.54. The molecule has 0 saturated heterocycles.